The van der Waals surface area contributed by atoms with Crippen molar-refractivity contribution in [3.63, 3.8) is 0 Å². The highest BCUT2D eigenvalue weighted by Crippen LogP contribution is 2.27. The lowest BCUT2D eigenvalue weighted by Crippen LogP contribution is -2.41. The second-order valence-corrected chi connectivity index (χ2v) is 7.63. The Labute approximate surface area is 187 Å². The van der Waals surface area contributed by atoms with Crippen LogP contribution in [0.3, 0.4) is 0 Å². The molecule has 0 spiro atoms. The summed E-state index contributed by atoms with van der Waals surface area (Å²) in [6.45, 7) is -0.672. The number of carbonyl (C=O) groups is 2. The number of piperidine rings is 1. The molecule has 1 N–H and O–H groups in total. The summed E-state index contributed by atoms with van der Waals surface area (Å²) < 4.78 is 46.3. The number of nitrogens with one attached hydrogen (secondary N) is 1. The first kappa shape index (κ1) is 23.6. The summed E-state index contributed by atoms with van der Waals surface area (Å²) in [5.74, 6) is -0.551. The van der Waals surface area contributed by atoms with Crippen LogP contribution in [0.5, 0.6) is 11.6 Å². The van der Waals surface area contributed by atoms with Gasteiger partial charge in [-0.25, -0.2) is 4.98 Å². The first-order valence-corrected chi connectivity index (χ1v) is 10.1. The molecular weight excluding hydrogens is 451 g/mol. The third kappa shape index (κ3) is 6.25. The van der Waals surface area contributed by atoms with Gasteiger partial charge in [0.1, 0.15) is 5.75 Å². The van der Waals surface area contributed by atoms with Crippen molar-refractivity contribution in [3.05, 3.63) is 47.1 Å². The van der Waals surface area contributed by atoms with Crippen LogP contribution in [0.4, 0.5) is 18.9 Å². The highest BCUT2D eigenvalue weighted by molar-refractivity contribution is 6.31. The van der Waals surface area contributed by atoms with Crippen molar-refractivity contribution < 1.29 is 32.2 Å². The standard InChI is InChI=1S/C21H21ClF3N3O4/c1-31-17-4-2-14(22)10-16(17)20(30)28-8-6-13(7-9-28)19(29)27-15-3-5-18(26-11-15)32-12-21(23,24)25/h2-5,10-11,13H,6-9,12H2,1H3,(H,27,29). The maximum Gasteiger partial charge on any atom is 0.422 e. The first-order valence-electron chi connectivity index (χ1n) is 9.75. The lowest BCUT2D eigenvalue weighted by Gasteiger charge is -2.31. The average molecular weight is 472 g/mol. The van der Waals surface area contributed by atoms with Gasteiger partial charge >= 0.3 is 6.18 Å². The third-order valence-electron chi connectivity index (χ3n) is 4.93. The quantitative estimate of drug-likeness (QED) is 0.683. The van der Waals surface area contributed by atoms with E-state index in [2.05, 4.69) is 15.0 Å². The molecule has 1 aliphatic rings. The number of methoxy groups -OCH3 is 1. The molecule has 3 rings (SSSR count). The molecule has 0 aliphatic carbocycles. The molecule has 2 amide bonds. The van der Waals surface area contributed by atoms with Gasteiger partial charge in [0, 0.05) is 30.1 Å². The number of pyridine rings is 1. The fourth-order valence-corrected chi connectivity index (χ4v) is 3.47. The number of nitrogens with zero attached hydrogens (tertiary/aromatic N) is 2. The molecule has 11 heteroatoms. The SMILES string of the molecule is COc1ccc(Cl)cc1C(=O)N1CCC(C(=O)Nc2ccc(OCC(F)(F)F)nc2)CC1. The number of carbonyl (C=O) groups excluding carboxylic acids is 2. The molecule has 172 valence electrons. The van der Waals surface area contributed by atoms with E-state index in [4.69, 9.17) is 16.3 Å². The van der Waals surface area contributed by atoms with Crippen LogP contribution >= 0.6 is 11.6 Å². The average Bonchev–Trinajstić information content (AvgIpc) is 2.77. The van der Waals surface area contributed by atoms with Crippen LogP contribution < -0.4 is 14.8 Å². The summed E-state index contributed by atoms with van der Waals surface area (Å²) in [7, 11) is 1.47. The van der Waals surface area contributed by atoms with E-state index in [9.17, 15) is 22.8 Å². The minimum atomic E-state index is -4.46. The largest absolute Gasteiger partial charge is 0.496 e. The molecule has 2 aromatic rings. The van der Waals surface area contributed by atoms with Crippen molar-refractivity contribution in [3.8, 4) is 11.6 Å². The number of rotatable bonds is 6. The number of anilines is 1. The van der Waals surface area contributed by atoms with Gasteiger partial charge in [-0.3, -0.25) is 9.59 Å². The van der Waals surface area contributed by atoms with Crippen molar-refractivity contribution in [1.29, 1.82) is 0 Å². The zero-order valence-corrected chi connectivity index (χ0v) is 17.9. The Morgan fingerprint density at radius 3 is 2.53 bits per heavy atom. The minimum absolute atomic E-state index is 0.191. The molecule has 0 saturated carbocycles. The van der Waals surface area contributed by atoms with Crippen LogP contribution in [0, 0.1) is 5.92 Å². The molecule has 0 bridgehead atoms. The molecular formula is C21H21ClF3N3O4. The Morgan fingerprint density at radius 2 is 1.94 bits per heavy atom. The Bertz CT molecular complexity index is 962. The summed E-state index contributed by atoms with van der Waals surface area (Å²) in [6, 6.07) is 7.49. The summed E-state index contributed by atoms with van der Waals surface area (Å²) in [4.78, 5) is 30.8. The predicted octanol–water partition coefficient (Wildman–Crippen LogP) is 4.18. The number of alkyl halides is 3. The van der Waals surface area contributed by atoms with Crippen LogP contribution in [0.1, 0.15) is 23.2 Å². The minimum Gasteiger partial charge on any atom is -0.496 e. The van der Waals surface area contributed by atoms with E-state index in [1.165, 1.54) is 25.4 Å². The van der Waals surface area contributed by atoms with Gasteiger partial charge in [0.15, 0.2) is 6.61 Å². The van der Waals surface area contributed by atoms with Crippen molar-refractivity contribution in [2.45, 2.75) is 19.0 Å². The van der Waals surface area contributed by atoms with E-state index in [1.54, 1.807) is 23.1 Å². The van der Waals surface area contributed by atoms with Crippen LogP contribution in [0.15, 0.2) is 36.5 Å². The summed E-state index contributed by atoms with van der Waals surface area (Å²) in [5.41, 5.74) is 0.707. The van der Waals surface area contributed by atoms with E-state index in [0.29, 0.717) is 48.0 Å². The fourth-order valence-electron chi connectivity index (χ4n) is 3.30. The first-order chi connectivity index (χ1) is 15.2. The summed E-state index contributed by atoms with van der Waals surface area (Å²) in [6.07, 6.45) is -2.31. The fraction of sp³-hybridized carbons (Fsp3) is 0.381. The van der Waals surface area contributed by atoms with Crippen LogP contribution in [-0.4, -0.2) is 54.7 Å². The molecule has 0 atom stereocenters. The number of aromatic nitrogens is 1. The number of likely N-dealkylation sites (tertiary alicyclic amines) is 1. The number of benzene rings is 1. The Balaban J connectivity index is 1.52. The molecule has 2 heterocycles. The number of amides is 2. The second kappa shape index (κ2) is 10.1. The van der Waals surface area contributed by atoms with Crippen LogP contribution in [-0.2, 0) is 4.79 Å². The van der Waals surface area contributed by atoms with Gasteiger partial charge in [0.25, 0.3) is 5.91 Å². The third-order valence-corrected chi connectivity index (χ3v) is 5.17. The van der Waals surface area contributed by atoms with Crippen molar-refractivity contribution in [1.82, 2.24) is 9.88 Å². The van der Waals surface area contributed by atoms with Crippen molar-refractivity contribution in [2.75, 3.05) is 32.1 Å². The normalized spacial score (nSPS) is 14.7. The van der Waals surface area contributed by atoms with Crippen LogP contribution in [0.2, 0.25) is 5.02 Å². The molecule has 0 unspecified atom stereocenters. The smallest absolute Gasteiger partial charge is 0.422 e. The van der Waals surface area contributed by atoms with E-state index in [-0.39, 0.29) is 23.6 Å². The Hall–Kier alpha value is -3.01. The van der Waals surface area contributed by atoms with Crippen LogP contribution in [0.25, 0.3) is 0 Å². The molecule has 1 aromatic heterocycles. The monoisotopic (exact) mass is 471 g/mol. The van der Waals surface area contributed by atoms with E-state index in [1.807, 2.05) is 0 Å². The zero-order valence-electron chi connectivity index (χ0n) is 17.1. The summed E-state index contributed by atoms with van der Waals surface area (Å²) >= 11 is 6.00. The zero-order chi connectivity index (χ0) is 23.3. The van der Waals surface area contributed by atoms with Crippen molar-refractivity contribution >= 4 is 29.1 Å². The van der Waals surface area contributed by atoms with Gasteiger partial charge in [0.2, 0.25) is 11.8 Å². The van der Waals surface area contributed by atoms with Gasteiger partial charge in [0.05, 0.1) is 24.6 Å². The van der Waals surface area contributed by atoms with Gasteiger partial charge < -0.3 is 19.7 Å². The maximum absolute atomic E-state index is 12.8. The molecule has 0 radical (unpaired) electrons. The molecule has 1 saturated heterocycles. The number of ether oxygens (including phenoxy) is 2. The molecule has 7 nitrogen and oxygen atoms in total. The molecule has 1 fully saturated rings. The second-order valence-electron chi connectivity index (χ2n) is 7.19. The maximum atomic E-state index is 12.8. The molecule has 1 aromatic carbocycles. The molecule has 32 heavy (non-hydrogen) atoms. The van der Waals surface area contributed by atoms with Gasteiger partial charge in [-0.05, 0) is 37.1 Å². The molecule has 1 aliphatic heterocycles. The van der Waals surface area contributed by atoms with Gasteiger partial charge in [-0.15, -0.1) is 0 Å². The van der Waals surface area contributed by atoms with E-state index in [0.717, 1.165) is 0 Å². The highest BCUT2D eigenvalue weighted by Gasteiger charge is 2.30. The highest BCUT2D eigenvalue weighted by atomic mass is 35.5. The summed E-state index contributed by atoms with van der Waals surface area (Å²) in [5, 5.41) is 3.12. The number of hydrogen-bond donors (Lipinski definition) is 1. The van der Waals surface area contributed by atoms with Gasteiger partial charge in [-0.2, -0.15) is 13.2 Å². The van der Waals surface area contributed by atoms with Crippen molar-refractivity contribution in [2.24, 2.45) is 5.92 Å². The van der Waals surface area contributed by atoms with Gasteiger partial charge in [-0.1, -0.05) is 11.6 Å². The van der Waals surface area contributed by atoms with E-state index < -0.39 is 12.8 Å². The predicted molar refractivity (Wildman–Crippen MR) is 111 cm³/mol. The lowest BCUT2D eigenvalue weighted by molar-refractivity contribution is -0.154. The topological polar surface area (TPSA) is 80.8 Å². The lowest BCUT2D eigenvalue weighted by atomic mass is 9.95. The van der Waals surface area contributed by atoms with E-state index >= 15 is 0 Å². The number of halogens is 4. The Kier molecular flexibility index (Phi) is 7.44. The Morgan fingerprint density at radius 1 is 1.22 bits per heavy atom. The number of hydrogen-bond acceptors (Lipinski definition) is 5.